The molecule has 0 aliphatic heterocycles. The van der Waals surface area contributed by atoms with E-state index >= 15 is 0 Å². The number of rotatable bonds is 14. The van der Waals surface area contributed by atoms with Crippen molar-refractivity contribution in [3.63, 3.8) is 0 Å². The van der Waals surface area contributed by atoms with Gasteiger partial charge in [-0.1, -0.05) is 91.0 Å². The Balaban J connectivity index is 0.00000520. The molecule has 244 valence electrons. The fraction of sp³-hybridized carbons (Fsp3) is 0.216. The van der Waals surface area contributed by atoms with E-state index in [-0.39, 0.29) is 45.3 Å². The molecule has 1 aliphatic rings. The van der Waals surface area contributed by atoms with Gasteiger partial charge in [-0.25, -0.2) is 13.0 Å². The van der Waals surface area contributed by atoms with Crippen LogP contribution in [-0.4, -0.2) is 36.3 Å². The van der Waals surface area contributed by atoms with Gasteiger partial charge in [0.15, 0.2) is 12.3 Å². The number of anilines is 1. The summed E-state index contributed by atoms with van der Waals surface area (Å²) >= 11 is 0.537. The van der Waals surface area contributed by atoms with Crippen molar-refractivity contribution in [2.24, 2.45) is 5.92 Å². The molecule has 0 aromatic heterocycles. The second-order valence-electron chi connectivity index (χ2n) is 11.2. The van der Waals surface area contributed by atoms with Crippen molar-refractivity contribution in [1.82, 2.24) is 0 Å². The van der Waals surface area contributed by atoms with Gasteiger partial charge in [0.1, 0.15) is 16.7 Å². The largest absolute Gasteiger partial charge is 1.00 e. The van der Waals surface area contributed by atoms with E-state index in [1.165, 1.54) is 17.2 Å². The Bertz CT molecular complexity index is 1820. The average Bonchev–Trinajstić information content (AvgIpc) is 3.10. The third-order valence-electron chi connectivity index (χ3n) is 8.29. The molecule has 0 bridgehead atoms. The third kappa shape index (κ3) is 9.78. The van der Waals surface area contributed by atoms with Crippen molar-refractivity contribution >= 4 is 33.6 Å². The fourth-order valence-electron chi connectivity index (χ4n) is 5.95. The second-order valence-corrected chi connectivity index (χ2v) is 13.3. The molecule has 0 N–H and O–H groups in total. The van der Waals surface area contributed by atoms with Crippen molar-refractivity contribution in [1.29, 1.82) is 0 Å². The summed E-state index contributed by atoms with van der Waals surface area (Å²) in [5.41, 5.74) is 5.68. The second kappa shape index (κ2) is 18.1. The van der Waals surface area contributed by atoms with Gasteiger partial charge in [-0.05, 0) is 54.8 Å². The van der Waals surface area contributed by atoms with Crippen LogP contribution in [0.4, 0.5) is 5.69 Å². The van der Waals surface area contributed by atoms with Crippen LogP contribution in [0.3, 0.4) is 0 Å². The zero-order valence-corrected chi connectivity index (χ0v) is 30.9. The van der Waals surface area contributed by atoms with Gasteiger partial charge in [0.05, 0.1) is 16.9 Å². The van der Waals surface area contributed by atoms with Gasteiger partial charge in [0, 0.05) is 53.2 Å². The molecule has 0 saturated heterocycles. The van der Waals surface area contributed by atoms with Crippen molar-refractivity contribution in [2.45, 2.75) is 42.6 Å². The quantitative estimate of drug-likeness (QED) is 0.0495. The summed E-state index contributed by atoms with van der Waals surface area (Å²) in [5, 5.41) is 13.8. The predicted octanol–water partition coefficient (Wildman–Crippen LogP) is 3.40. The van der Waals surface area contributed by atoms with Crippen LogP contribution >= 0.6 is 12.0 Å². The molecule has 11 heteroatoms. The number of hydrogen-bond donors (Lipinski definition) is 0. The molecule has 1 atom stereocenters. The normalized spacial score (nSPS) is 14.8. The van der Waals surface area contributed by atoms with Gasteiger partial charge >= 0.3 is 29.6 Å². The molecule has 5 rings (SSSR count). The fourth-order valence-corrected chi connectivity index (χ4v) is 7.17. The van der Waals surface area contributed by atoms with Gasteiger partial charge < -0.3 is 14.7 Å². The molecule has 48 heavy (non-hydrogen) atoms. The monoisotopic (exact) mass is 692 g/mol. The molecule has 0 heterocycles. The van der Waals surface area contributed by atoms with Gasteiger partial charge in [-0.15, -0.1) is 0 Å². The van der Waals surface area contributed by atoms with E-state index in [1.807, 2.05) is 60.7 Å². The molecule has 0 radical (unpaired) electrons. The maximum Gasteiger partial charge on any atom is 1.00 e. The molecule has 4 aromatic carbocycles. The van der Waals surface area contributed by atoms with Crippen LogP contribution in [0.15, 0.2) is 137 Å². The van der Waals surface area contributed by atoms with Crippen LogP contribution in [-0.2, 0) is 32.6 Å². The summed E-state index contributed by atoms with van der Waals surface area (Å²) in [7, 11) is -4.90. The Hall–Kier alpha value is -3.03. The molecule has 1 unspecified atom stereocenters. The van der Waals surface area contributed by atoms with Crippen LogP contribution in [0, 0.1) is 5.92 Å². The van der Waals surface area contributed by atoms with Crippen molar-refractivity contribution in [3.8, 4) is 0 Å². The Morgan fingerprint density at radius 1 is 0.875 bits per heavy atom. The Morgan fingerprint density at radius 3 is 2.06 bits per heavy atom. The van der Waals surface area contributed by atoms with Crippen LogP contribution in [0.25, 0.3) is 0 Å². The van der Waals surface area contributed by atoms with Crippen molar-refractivity contribution < 1.29 is 61.7 Å². The maximum absolute atomic E-state index is 12.7. The zero-order chi connectivity index (χ0) is 33.2. The molecule has 4 aromatic rings. The Labute approximate surface area is 309 Å². The molecular formula is C37H37N2NaO6S2. The molecule has 0 spiro atoms. The first-order valence-electron chi connectivity index (χ1n) is 15.4. The van der Waals surface area contributed by atoms with E-state index < -0.39 is 16.0 Å². The van der Waals surface area contributed by atoms with Crippen LogP contribution in [0.1, 0.15) is 42.0 Å². The van der Waals surface area contributed by atoms with E-state index in [4.69, 9.17) is 0 Å². The van der Waals surface area contributed by atoms with Crippen LogP contribution in [0.5, 0.6) is 0 Å². The topological polar surface area (TPSA) is 105 Å². The maximum atomic E-state index is 12.7. The van der Waals surface area contributed by atoms with Gasteiger partial charge in [0.2, 0.25) is 0 Å². The summed E-state index contributed by atoms with van der Waals surface area (Å²) < 4.78 is 44.6. The zero-order valence-electron chi connectivity index (χ0n) is 27.3. The minimum absolute atomic E-state index is 0. The van der Waals surface area contributed by atoms with Crippen LogP contribution < -0.4 is 39.7 Å². The summed E-state index contributed by atoms with van der Waals surface area (Å²) in [6.45, 7) is 7.32. The average molecular weight is 693 g/mol. The van der Waals surface area contributed by atoms with Gasteiger partial charge in [0.25, 0.3) is 0 Å². The molecule has 0 fully saturated rings. The Kier molecular flexibility index (Phi) is 14.2. The summed E-state index contributed by atoms with van der Waals surface area (Å²) in [4.78, 5) is 2.14. The van der Waals surface area contributed by atoms with E-state index in [2.05, 4.69) is 81.3 Å². The summed E-state index contributed by atoms with van der Waals surface area (Å²) in [6.07, 6.45) is 8.25. The van der Waals surface area contributed by atoms with E-state index in [1.54, 1.807) is 12.1 Å². The third-order valence-corrected chi connectivity index (χ3v) is 9.75. The van der Waals surface area contributed by atoms with Gasteiger partial charge in [-0.3, -0.25) is 5.04 Å². The number of allylic oxidation sites excluding steroid dienone is 4. The molecular weight excluding hydrogens is 656 g/mol. The number of nitrogens with zero attached hydrogens (tertiary/aromatic N) is 2. The summed E-state index contributed by atoms with van der Waals surface area (Å²) in [5.74, 6) is -0.757. The summed E-state index contributed by atoms with van der Waals surface area (Å²) in [6, 6.07) is 33.0. The van der Waals surface area contributed by atoms with Gasteiger partial charge in [-0.2, -0.15) is 4.33 Å². The van der Waals surface area contributed by atoms with E-state index in [9.17, 15) is 18.2 Å². The minimum atomic E-state index is -4.90. The molecule has 0 amide bonds. The molecule has 8 nitrogen and oxygen atoms in total. The molecule has 0 saturated carbocycles. The molecule has 1 aliphatic carbocycles. The Morgan fingerprint density at radius 2 is 1.50 bits per heavy atom. The first-order valence-corrected chi connectivity index (χ1v) is 17.6. The number of benzene rings is 4. The predicted molar refractivity (Wildman–Crippen MR) is 182 cm³/mol. The van der Waals surface area contributed by atoms with Crippen molar-refractivity contribution in [3.05, 3.63) is 150 Å². The SMILES string of the molecule is CCN(Cc1ccccc1)c1ccc(C(c2ccc(SOO[O-])cc2S(=O)(=O)[O-])C2C=CC(=[N+](CC)Cc3ccccc3)C=C2)cc1.[Na+]. The minimum Gasteiger partial charge on any atom is -0.744 e. The van der Waals surface area contributed by atoms with Crippen LogP contribution in [0.2, 0.25) is 0 Å². The van der Waals surface area contributed by atoms with E-state index in [0.29, 0.717) is 17.6 Å². The van der Waals surface area contributed by atoms with Crippen molar-refractivity contribution in [2.75, 3.05) is 18.0 Å². The van der Waals surface area contributed by atoms with E-state index in [0.717, 1.165) is 43.1 Å². The number of hydrogen-bond acceptors (Lipinski definition) is 8. The first-order chi connectivity index (χ1) is 22.8. The smallest absolute Gasteiger partial charge is 0.744 e. The standard InChI is InChI=1S/C37H38N2O6S2.Na/c1-3-38(26-28-11-7-5-8-12-28)32-19-15-30(16-20-32)37(35-24-23-34(46-45-44-40)25-36(35)47(41,42)43)31-17-21-33(22-18-31)39(4-2)27-29-13-9-6-10-14-29;/h5-25,30,37H,3-4,26-27H2,1-2H3,(H-,40,41,42,43);/q;+1/p-1. The first kappa shape index (κ1) is 37.8.